The molecule has 0 N–H and O–H groups in total. The van der Waals surface area contributed by atoms with E-state index in [1.54, 1.807) is 24.3 Å². The fourth-order valence-corrected chi connectivity index (χ4v) is 6.73. The van der Waals surface area contributed by atoms with E-state index in [-0.39, 0.29) is 10.6 Å². The largest absolute Gasteiger partial charge is 0.497 e. The molecule has 0 amide bonds. The summed E-state index contributed by atoms with van der Waals surface area (Å²) >= 11 is 9.96. The maximum absolute atomic E-state index is 14.4. The van der Waals surface area contributed by atoms with Gasteiger partial charge in [0.2, 0.25) is 0 Å². The molecule has 0 aliphatic carbocycles. The third kappa shape index (κ3) is 4.93. The van der Waals surface area contributed by atoms with Crippen molar-refractivity contribution in [3.05, 3.63) is 70.2 Å². The quantitative estimate of drug-likeness (QED) is 0.240. The Balaban J connectivity index is 2.11. The highest BCUT2D eigenvalue weighted by Crippen LogP contribution is 2.46. The number of methoxy groups -OCH3 is 2. The monoisotopic (exact) mass is 592 g/mol. The van der Waals surface area contributed by atoms with Gasteiger partial charge in [-0.05, 0) is 54.3 Å². The lowest BCUT2D eigenvalue weighted by atomic mass is 10.1. The van der Waals surface area contributed by atoms with Gasteiger partial charge in [-0.15, -0.1) is 0 Å². The molecule has 36 heavy (non-hydrogen) atoms. The average molecular weight is 594 g/mol. The van der Waals surface area contributed by atoms with Crippen LogP contribution in [0.2, 0.25) is 5.02 Å². The minimum absolute atomic E-state index is 0.0124. The van der Waals surface area contributed by atoms with Crippen LogP contribution in [0.1, 0.15) is 0 Å². The van der Waals surface area contributed by atoms with E-state index in [4.69, 9.17) is 25.8 Å². The molecule has 0 spiro atoms. The van der Waals surface area contributed by atoms with Crippen LogP contribution >= 0.6 is 27.5 Å². The summed E-state index contributed by atoms with van der Waals surface area (Å²) < 4.78 is 47.6. The molecule has 10 heteroatoms. The molecule has 4 rings (SSSR count). The fraction of sp³-hybridized carbons (Fsp3) is 0.231. The first-order chi connectivity index (χ1) is 17.2. The number of halogens is 2. The van der Waals surface area contributed by atoms with Crippen molar-refractivity contribution in [2.75, 3.05) is 41.5 Å². The molecule has 0 radical (unpaired) electrons. The highest BCUT2D eigenvalue weighted by molar-refractivity contribution is 9.10. The summed E-state index contributed by atoms with van der Waals surface area (Å²) in [6.45, 7) is 0.990. The Hall–Kier alpha value is -2.72. The summed E-state index contributed by atoms with van der Waals surface area (Å²) in [6.07, 6.45) is 0. The van der Waals surface area contributed by atoms with Gasteiger partial charge in [0, 0.05) is 33.1 Å². The van der Waals surface area contributed by atoms with Crippen LogP contribution in [-0.4, -0.2) is 58.8 Å². The molecular formula is C26H26BrClN2O5S. The zero-order chi connectivity index (χ0) is 26.0. The van der Waals surface area contributed by atoms with Crippen molar-refractivity contribution in [2.45, 2.75) is 4.90 Å². The Bertz CT molecular complexity index is 1500. The molecule has 1 aromatic heterocycles. The lowest BCUT2D eigenvalue weighted by molar-refractivity contribution is 0.264. The van der Waals surface area contributed by atoms with Crippen LogP contribution in [0.15, 0.2) is 70.0 Å². The smallest absolute Gasteiger partial charge is 0.272 e. The van der Waals surface area contributed by atoms with Crippen molar-refractivity contribution in [2.24, 2.45) is 0 Å². The van der Waals surface area contributed by atoms with Gasteiger partial charge in [-0.25, -0.2) is 12.4 Å². The topological polar surface area (TPSA) is 70.0 Å². The molecule has 0 aliphatic rings. The van der Waals surface area contributed by atoms with Crippen LogP contribution in [0.5, 0.6) is 17.2 Å². The Morgan fingerprint density at radius 1 is 1.00 bits per heavy atom. The zero-order valence-electron chi connectivity index (χ0n) is 20.3. The van der Waals surface area contributed by atoms with E-state index in [2.05, 4.69) is 15.9 Å². The van der Waals surface area contributed by atoms with E-state index in [0.717, 1.165) is 0 Å². The lowest BCUT2D eigenvalue weighted by Gasteiger charge is -2.17. The molecule has 0 aliphatic heterocycles. The van der Waals surface area contributed by atoms with Crippen molar-refractivity contribution in [3.8, 4) is 28.5 Å². The SMILES string of the molecule is COc1ccc(S(=O)(=O)n2c(-c3ccccc3)c(OCCN(C)C)c3cc(Cl)cc(Br)c32)c(OC)c1. The minimum atomic E-state index is -4.20. The van der Waals surface area contributed by atoms with E-state index in [9.17, 15) is 8.42 Å². The molecular weight excluding hydrogens is 568 g/mol. The van der Waals surface area contributed by atoms with Gasteiger partial charge >= 0.3 is 0 Å². The number of aromatic nitrogens is 1. The van der Waals surface area contributed by atoms with Gasteiger partial charge in [-0.1, -0.05) is 41.9 Å². The first-order valence-corrected chi connectivity index (χ1v) is 13.6. The standard InChI is InChI=1S/C26H26BrClN2O5S/c1-29(2)12-13-35-26-20-14-18(28)15-21(27)25(20)30(24(26)17-8-6-5-7-9-17)36(31,32)23-11-10-19(33-3)16-22(23)34-4/h5-11,14-16H,12-13H2,1-4H3. The molecule has 4 aromatic rings. The van der Waals surface area contributed by atoms with Crippen molar-refractivity contribution in [1.82, 2.24) is 8.87 Å². The maximum atomic E-state index is 14.4. The molecule has 0 atom stereocenters. The zero-order valence-corrected chi connectivity index (χ0v) is 23.4. The van der Waals surface area contributed by atoms with Gasteiger partial charge in [-0.2, -0.15) is 0 Å². The lowest BCUT2D eigenvalue weighted by Crippen LogP contribution is -2.20. The van der Waals surface area contributed by atoms with Gasteiger partial charge < -0.3 is 19.1 Å². The molecule has 1 heterocycles. The fourth-order valence-electron chi connectivity index (χ4n) is 3.92. The molecule has 0 fully saturated rings. The Kier molecular flexibility index (Phi) is 7.85. The minimum Gasteiger partial charge on any atom is -0.497 e. The summed E-state index contributed by atoms with van der Waals surface area (Å²) in [5.41, 5.74) is 1.48. The summed E-state index contributed by atoms with van der Waals surface area (Å²) in [5, 5.41) is 1.02. The van der Waals surface area contributed by atoms with Crippen molar-refractivity contribution >= 4 is 48.5 Å². The van der Waals surface area contributed by atoms with Crippen LogP contribution in [0.25, 0.3) is 22.2 Å². The highest BCUT2D eigenvalue weighted by Gasteiger charge is 2.32. The molecule has 0 unspecified atom stereocenters. The number of benzene rings is 3. The van der Waals surface area contributed by atoms with E-state index < -0.39 is 10.0 Å². The van der Waals surface area contributed by atoms with Crippen molar-refractivity contribution in [3.63, 3.8) is 0 Å². The van der Waals surface area contributed by atoms with E-state index in [0.29, 0.717) is 56.3 Å². The summed E-state index contributed by atoms with van der Waals surface area (Å²) in [4.78, 5) is 1.98. The highest BCUT2D eigenvalue weighted by atomic mass is 79.9. The molecule has 0 saturated carbocycles. The summed E-state index contributed by atoms with van der Waals surface area (Å²) in [7, 11) is 2.62. The average Bonchev–Trinajstić information content (AvgIpc) is 3.19. The van der Waals surface area contributed by atoms with Crippen molar-refractivity contribution < 1.29 is 22.6 Å². The van der Waals surface area contributed by atoms with Crippen LogP contribution in [0, 0.1) is 0 Å². The molecule has 0 saturated heterocycles. The second-order valence-corrected chi connectivity index (χ2v) is 11.3. The first-order valence-electron chi connectivity index (χ1n) is 11.0. The third-order valence-electron chi connectivity index (χ3n) is 5.62. The van der Waals surface area contributed by atoms with E-state index in [1.165, 1.54) is 24.3 Å². The first kappa shape index (κ1) is 26.3. The normalized spacial score (nSPS) is 11.8. The number of hydrogen-bond acceptors (Lipinski definition) is 6. The third-order valence-corrected chi connectivity index (χ3v) is 8.18. The Morgan fingerprint density at radius 3 is 2.36 bits per heavy atom. The second kappa shape index (κ2) is 10.7. The van der Waals surface area contributed by atoms with Gasteiger partial charge in [-0.3, -0.25) is 0 Å². The van der Waals surface area contributed by atoms with E-state index in [1.807, 2.05) is 49.3 Å². The van der Waals surface area contributed by atoms with Crippen LogP contribution in [0.4, 0.5) is 0 Å². The van der Waals surface area contributed by atoms with Crippen LogP contribution in [0.3, 0.4) is 0 Å². The molecule has 7 nitrogen and oxygen atoms in total. The summed E-state index contributed by atoms with van der Waals surface area (Å²) in [5.74, 6) is 1.07. The Morgan fingerprint density at radius 2 is 1.72 bits per heavy atom. The number of rotatable bonds is 9. The second-order valence-electron chi connectivity index (χ2n) is 8.27. The molecule has 190 valence electrons. The van der Waals surface area contributed by atoms with Crippen LogP contribution < -0.4 is 14.2 Å². The van der Waals surface area contributed by atoms with E-state index >= 15 is 0 Å². The number of ether oxygens (including phenoxy) is 3. The number of likely N-dealkylation sites (N-methyl/N-ethyl adjacent to an activating group) is 1. The van der Waals surface area contributed by atoms with Gasteiger partial charge in [0.25, 0.3) is 10.0 Å². The van der Waals surface area contributed by atoms with Gasteiger partial charge in [0.1, 0.15) is 28.7 Å². The maximum Gasteiger partial charge on any atom is 0.272 e. The van der Waals surface area contributed by atoms with Gasteiger partial charge in [0.05, 0.1) is 19.7 Å². The van der Waals surface area contributed by atoms with Gasteiger partial charge in [0.15, 0.2) is 5.75 Å². The predicted molar refractivity (Wildman–Crippen MR) is 146 cm³/mol. The number of fused-ring (bicyclic) bond motifs is 1. The number of hydrogen-bond donors (Lipinski definition) is 0. The Labute approximate surface area is 224 Å². The summed E-state index contributed by atoms with van der Waals surface area (Å²) in [6, 6.07) is 17.3. The molecule has 3 aromatic carbocycles. The predicted octanol–water partition coefficient (Wildman–Crippen LogP) is 5.92. The van der Waals surface area contributed by atoms with Crippen molar-refractivity contribution in [1.29, 1.82) is 0 Å². The van der Waals surface area contributed by atoms with Crippen LogP contribution in [-0.2, 0) is 10.0 Å². The number of nitrogens with zero attached hydrogens (tertiary/aromatic N) is 2. The molecule has 0 bridgehead atoms.